The van der Waals surface area contributed by atoms with Crippen molar-refractivity contribution in [2.45, 2.75) is 25.2 Å². The molecule has 0 heterocycles. The Morgan fingerprint density at radius 3 is 2.47 bits per heavy atom. The monoisotopic (exact) mass is 343 g/mol. The van der Waals surface area contributed by atoms with E-state index < -0.39 is 30.0 Å². The van der Waals surface area contributed by atoms with E-state index in [9.17, 15) is 22.4 Å². The van der Waals surface area contributed by atoms with Gasteiger partial charge in [0.25, 0.3) is 0 Å². The molecule has 0 fully saturated rings. The molecule has 106 valence electrons. The van der Waals surface area contributed by atoms with Gasteiger partial charge in [-0.1, -0.05) is 12.1 Å². The molecule has 8 heteroatoms. The van der Waals surface area contributed by atoms with Crippen molar-refractivity contribution in [3.05, 3.63) is 34.1 Å². The minimum atomic E-state index is -4.97. The number of carboxylic acids is 1. The molecule has 1 aromatic rings. The number of rotatable bonds is 4. The number of halogens is 5. The maximum Gasteiger partial charge on any atom is 0.417 e. The van der Waals surface area contributed by atoms with E-state index in [1.807, 2.05) is 5.32 Å². The molecule has 3 nitrogen and oxygen atoms in total. The van der Waals surface area contributed by atoms with Crippen LogP contribution in [0.5, 0.6) is 0 Å². The predicted octanol–water partition coefficient (Wildman–Crippen LogP) is 3.08. The van der Waals surface area contributed by atoms with Gasteiger partial charge in [0.2, 0.25) is 5.54 Å². The van der Waals surface area contributed by atoms with Crippen molar-refractivity contribution in [2.24, 2.45) is 0 Å². The van der Waals surface area contributed by atoms with E-state index in [1.54, 1.807) is 0 Å². The highest BCUT2D eigenvalue weighted by Crippen LogP contribution is 2.31. The summed E-state index contributed by atoms with van der Waals surface area (Å²) in [7, 11) is 0. The van der Waals surface area contributed by atoms with Gasteiger partial charge in [-0.15, -0.1) is 0 Å². The zero-order valence-electron chi connectivity index (χ0n) is 9.68. The first-order chi connectivity index (χ1) is 8.59. The lowest BCUT2D eigenvalue weighted by atomic mass is 10.0. The molecule has 0 bridgehead atoms. The smallest absolute Gasteiger partial charge is 0.417 e. The largest absolute Gasteiger partial charge is 0.480 e. The Labute approximate surface area is 114 Å². The van der Waals surface area contributed by atoms with Gasteiger partial charge in [-0.3, -0.25) is 5.32 Å². The molecule has 0 aliphatic carbocycles. The first kappa shape index (κ1) is 15.9. The molecule has 1 unspecified atom stereocenters. The van der Waals surface area contributed by atoms with Crippen molar-refractivity contribution in [3.63, 3.8) is 0 Å². The molecule has 1 atom stereocenters. The Kier molecular flexibility index (Phi) is 4.57. The number of benzene rings is 1. The first-order valence-corrected chi connectivity index (χ1v) is 5.87. The highest BCUT2D eigenvalue weighted by Gasteiger charge is 2.57. The van der Waals surface area contributed by atoms with Gasteiger partial charge in [-0.25, -0.2) is 9.18 Å². The fourth-order valence-corrected chi connectivity index (χ4v) is 1.66. The lowest BCUT2D eigenvalue weighted by Crippen LogP contribution is -2.59. The second-order valence-electron chi connectivity index (χ2n) is 3.99. The second kappa shape index (κ2) is 5.46. The van der Waals surface area contributed by atoms with E-state index in [0.717, 1.165) is 6.07 Å². The topological polar surface area (TPSA) is 49.3 Å². The SMILES string of the molecule is CC(NCc1cccc(F)c1Br)(C(=O)O)C(F)(F)F. The van der Waals surface area contributed by atoms with Crippen molar-refractivity contribution >= 4 is 21.9 Å². The molecule has 0 aliphatic rings. The maximum atomic E-state index is 13.2. The molecule has 0 amide bonds. The molecule has 1 aromatic carbocycles. The van der Waals surface area contributed by atoms with Crippen LogP contribution in [-0.4, -0.2) is 22.8 Å². The molecule has 0 spiro atoms. The summed E-state index contributed by atoms with van der Waals surface area (Å²) in [6.07, 6.45) is -4.97. The first-order valence-electron chi connectivity index (χ1n) is 5.07. The number of hydrogen-bond acceptors (Lipinski definition) is 2. The minimum Gasteiger partial charge on any atom is -0.480 e. The summed E-state index contributed by atoms with van der Waals surface area (Å²) in [5.74, 6) is -2.68. The number of carboxylic acid groups (broad SMARTS) is 1. The van der Waals surface area contributed by atoms with Gasteiger partial charge >= 0.3 is 12.1 Å². The summed E-state index contributed by atoms with van der Waals surface area (Å²) < 4.78 is 51.3. The number of hydrogen-bond donors (Lipinski definition) is 2. The Bertz CT molecular complexity index is 492. The fraction of sp³-hybridized carbons (Fsp3) is 0.364. The molecule has 0 radical (unpaired) electrons. The fourth-order valence-electron chi connectivity index (χ4n) is 1.25. The minimum absolute atomic E-state index is 0.00240. The third kappa shape index (κ3) is 3.24. The third-order valence-electron chi connectivity index (χ3n) is 2.66. The zero-order valence-corrected chi connectivity index (χ0v) is 11.3. The average Bonchev–Trinajstić information content (AvgIpc) is 2.28. The average molecular weight is 344 g/mol. The summed E-state index contributed by atoms with van der Waals surface area (Å²) in [6.45, 7) is 0.0726. The Hall–Kier alpha value is -1.15. The Balaban J connectivity index is 2.96. The van der Waals surface area contributed by atoms with Crippen molar-refractivity contribution in [1.29, 1.82) is 0 Å². The number of nitrogens with one attached hydrogen (secondary N) is 1. The van der Waals surface area contributed by atoms with Crippen molar-refractivity contribution in [3.8, 4) is 0 Å². The molecule has 1 rings (SSSR count). The number of carbonyl (C=O) groups is 1. The Morgan fingerprint density at radius 2 is 2.00 bits per heavy atom. The maximum absolute atomic E-state index is 13.2. The van der Waals surface area contributed by atoms with Crippen LogP contribution in [0, 0.1) is 5.82 Å². The van der Waals surface area contributed by atoms with Gasteiger partial charge < -0.3 is 5.11 Å². The lowest BCUT2D eigenvalue weighted by Gasteiger charge is -2.28. The standard InChI is InChI=1S/C11H10BrF4NO2/c1-10(9(18)19,11(14,15)16)17-5-6-3-2-4-7(13)8(6)12/h2-4,17H,5H2,1H3,(H,18,19). The van der Waals surface area contributed by atoms with Gasteiger partial charge in [-0.2, -0.15) is 13.2 Å². The highest BCUT2D eigenvalue weighted by molar-refractivity contribution is 9.10. The molecule has 19 heavy (non-hydrogen) atoms. The van der Waals surface area contributed by atoms with Gasteiger partial charge in [0, 0.05) is 6.54 Å². The molecular formula is C11H10BrF4NO2. The van der Waals surface area contributed by atoms with Crippen molar-refractivity contribution in [2.75, 3.05) is 0 Å². The third-order valence-corrected chi connectivity index (χ3v) is 3.55. The lowest BCUT2D eigenvalue weighted by molar-refractivity contribution is -0.206. The van der Waals surface area contributed by atoms with Crippen LogP contribution in [-0.2, 0) is 11.3 Å². The summed E-state index contributed by atoms with van der Waals surface area (Å²) in [6, 6.07) is 3.84. The van der Waals surface area contributed by atoms with Crippen LogP contribution in [0.25, 0.3) is 0 Å². The van der Waals surface area contributed by atoms with Crippen LogP contribution in [0.15, 0.2) is 22.7 Å². The molecule has 0 saturated carbocycles. The Morgan fingerprint density at radius 1 is 1.42 bits per heavy atom. The molecule has 0 saturated heterocycles. The predicted molar refractivity (Wildman–Crippen MR) is 63.0 cm³/mol. The molecule has 2 N–H and O–H groups in total. The molecule has 0 aromatic heterocycles. The highest BCUT2D eigenvalue weighted by atomic mass is 79.9. The summed E-state index contributed by atoms with van der Waals surface area (Å²) >= 11 is 2.89. The van der Waals surface area contributed by atoms with Crippen molar-refractivity contribution in [1.82, 2.24) is 5.32 Å². The van der Waals surface area contributed by atoms with E-state index in [0.29, 0.717) is 6.92 Å². The normalized spacial score (nSPS) is 15.1. The van der Waals surface area contributed by atoms with Crippen LogP contribution >= 0.6 is 15.9 Å². The quantitative estimate of drug-likeness (QED) is 0.826. The van der Waals surface area contributed by atoms with Gasteiger partial charge in [0.1, 0.15) is 5.82 Å². The van der Waals surface area contributed by atoms with Crippen LogP contribution < -0.4 is 5.32 Å². The van der Waals surface area contributed by atoms with E-state index in [2.05, 4.69) is 15.9 Å². The molecular weight excluding hydrogens is 334 g/mol. The molecule has 0 aliphatic heterocycles. The second-order valence-corrected chi connectivity index (χ2v) is 4.79. The van der Waals surface area contributed by atoms with E-state index >= 15 is 0 Å². The summed E-state index contributed by atoms with van der Waals surface area (Å²) in [4.78, 5) is 10.8. The van der Waals surface area contributed by atoms with Crippen LogP contribution in [0.3, 0.4) is 0 Å². The van der Waals surface area contributed by atoms with Gasteiger partial charge in [0.05, 0.1) is 4.47 Å². The van der Waals surface area contributed by atoms with Crippen molar-refractivity contribution < 1.29 is 27.5 Å². The van der Waals surface area contributed by atoms with Crippen LogP contribution in [0.1, 0.15) is 12.5 Å². The van der Waals surface area contributed by atoms with Crippen LogP contribution in [0.4, 0.5) is 17.6 Å². The van der Waals surface area contributed by atoms with E-state index in [1.165, 1.54) is 12.1 Å². The zero-order chi connectivity index (χ0) is 14.8. The number of alkyl halides is 3. The van der Waals surface area contributed by atoms with E-state index in [-0.39, 0.29) is 10.0 Å². The van der Waals surface area contributed by atoms with Gasteiger partial charge in [0.15, 0.2) is 0 Å². The summed E-state index contributed by atoms with van der Waals surface area (Å²) in [5.41, 5.74) is -2.91. The number of aliphatic carboxylic acids is 1. The summed E-state index contributed by atoms with van der Waals surface area (Å²) in [5, 5.41) is 10.6. The van der Waals surface area contributed by atoms with E-state index in [4.69, 9.17) is 5.11 Å². The van der Waals surface area contributed by atoms with Gasteiger partial charge in [-0.05, 0) is 34.5 Å². The van der Waals surface area contributed by atoms with Crippen LogP contribution in [0.2, 0.25) is 0 Å².